The molecule has 3 rings (SSSR count). The molecule has 0 saturated carbocycles. The third kappa shape index (κ3) is 4.62. The summed E-state index contributed by atoms with van der Waals surface area (Å²) in [6, 6.07) is 7.21. The lowest BCUT2D eigenvalue weighted by Crippen LogP contribution is -2.40. The molecule has 0 bridgehead atoms. The van der Waals surface area contributed by atoms with Crippen molar-refractivity contribution in [1.82, 2.24) is 14.7 Å². The average Bonchev–Trinajstić information content (AvgIpc) is 2.88. The topological polar surface area (TPSA) is 88.5 Å². The van der Waals surface area contributed by atoms with Crippen LogP contribution in [0.4, 0.5) is 21.1 Å². The van der Waals surface area contributed by atoms with E-state index in [1.165, 1.54) is 0 Å². The molecule has 0 radical (unpaired) electrons. The van der Waals surface area contributed by atoms with E-state index in [2.05, 4.69) is 15.7 Å². The first-order valence-corrected chi connectivity index (χ1v) is 9.30. The molecular weight excluding hydrogens is 358 g/mol. The van der Waals surface area contributed by atoms with E-state index in [0.717, 1.165) is 16.8 Å². The molecule has 1 aliphatic rings. The summed E-state index contributed by atoms with van der Waals surface area (Å²) in [6.45, 7) is 8.37. The Balaban J connectivity index is 1.73. The van der Waals surface area contributed by atoms with Gasteiger partial charge in [0.25, 0.3) is 0 Å². The SMILES string of the molecule is Cc1cccc(NC(=O)Nc2c3c(nn2C)CCN(C(=O)OC(C)(C)C)C3)c1. The normalized spacial score (nSPS) is 13.7. The number of fused-ring (bicyclic) bond motifs is 1. The standard InChI is InChI=1S/C20H27N5O3/c1-13-7-6-8-14(11-13)21-18(26)22-17-15-12-25(19(27)28-20(2,3)4)10-9-16(15)23-24(17)5/h6-8,11H,9-10,12H2,1-5H3,(H2,21,22,26). The molecule has 0 saturated heterocycles. The molecule has 28 heavy (non-hydrogen) atoms. The number of anilines is 2. The monoisotopic (exact) mass is 385 g/mol. The van der Waals surface area contributed by atoms with Gasteiger partial charge in [0.1, 0.15) is 11.4 Å². The van der Waals surface area contributed by atoms with Crippen molar-refractivity contribution in [3.63, 3.8) is 0 Å². The van der Waals surface area contributed by atoms with Crippen molar-refractivity contribution < 1.29 is 14.3 Å². The Kier molecular flexibility index (Phi) is 5.31. The molecule has 0 spiro atoms. The van der Waals surface area contributed by atoms with Crippen LogP contribution < -0.4 is 10.6 Å². The third-order valence-electron chi connectivity index (χ3n) is 4.36. The minimum atomic E-state index is -0.554. The van der Waals surface area contributed by atoms with E-state index >= 15 is 0 Å². The van der Waals surface area contributed by atoms with Gasteiger partial charge in [0.05, 0.1) is 12.2 Å². The number of rotatable bonds is 2. The molecule has 0 unspecified atom stereocenters. The number of carbonyl (C=O) groups excluding carboxylic acids is 2. The smallest absolute Gasteiger partial charge is 0.410 e. The van der Waals surface area contributed by atoms with Crippen LogP contribution in [0.15, 0.2) is 24.3 Å². The molecule has 0 fully saturated rings. The predicted molar refractivity (Wildman–Crippen MR) is 107 cm³/mol. The molecule has 150 valence electrons. The summed E-state index contributed by atoms with van der Waals surface area (Å²) in [6.07, 6.45) is 0.251. The Morgan fingerprint density at radius 3 is 2.64 bits per heavy atom. The predicted octanol–water partition coefficient (Wildman–Crippen LogP) is 3.67. The highest BCUT2D eigenvalue weighted by Crippen LogP contribution is 2.27. The number of hydrogen-bond donors (Lipinski definition) is 2. The van der Waals surface area contributed by atoms with Gasteiger partial charge in [-0.05, 0) is 45.4 Å². The summed E-state index contributed by atoms with van der Waals surface area (Å²) in [4.78, 5) is 26.5. The second-order valence-corrected chi connectivity index (χ2v) is 8.00. The molecule has 8 nitrogen and oxygen atoms in total. The Hall–Kier alpha value is -3.03. The summed E-state index contributed by atoms with van der Waals surface area (Å²) in [5.74, 6) is 0.577. The van der Waals surface area contributed by atoms with E-state index in [0.29, 0.717) is 31.0 Å². The summed E-state index contributed by atoms with van der Waals surface area (Å²) >= 11 is 0. The highest BCUT2D eigenvalue weighted by atomic mass is 16.6. The van der Waals surface area contributed by atoms with Crippen molar-refractivity contribution in [1.29, 1.82) is 0 Å². The highest BCUT2D eigenvalue weighted by Gasteiger charge is 2.30. The van der Waals surface area contributed by atoms with E-state index in [4.69, 9.17) is 4.74 Å². The van der Waals surface area contributed by atoms with Crippen LogP contribution in [0, 0.1) is 6.92 Å². The van der Waals surface area contributed by atoms with Gasteiger partial charge in [-0.1, -0.05) is 12.1 Å². The minimum absolute atomic E-state index is 0.345. The summed E-state index contributed by atoms with van der Waals surface area (Å²) in [5, 5.41) is 10.2. The molecule has 1 aromatic carbocycles. The maximum absolute atomic E-state index is 12.5. The summed E-state index contributed by atoms with van der Waals surface area (Å²) < 4.78 is 7.11. The summed E-state index contributed by atoms with van der Waals surface area (Å²) in [7, 11) is 1.78. The third-order valence-corrected chi connectivity index (χ3v) is 4.36. The number of urea groups is 1. The molecule has 1 aromatic heterocycles. The Labute approximate surface area is 164 Å². The number of hydrogen-bond acceptors (Lipinski definition) is 4. The second-order valence-electron chi connectivity index (χ2n) is 8.00. The molecular formula is C20H27N5O3. The fraction of sp³-hybridized carbons (Fsp3) is 0.450. The van der Waals surface area contributed by atoms with Gasteiger partial charge in [-0.25, -0.2) is 9.59 Å². The Morgan fingerprint density at radius 2 is 1.96 bits per heavy atom. The zero-order valence-corrected chi connectivity index (χ0v) is 17.0. The van der Waals surface area contributed by atoms with Crippen molar-refractivity contribution in [2.24, 2.45) is 7.05 Å². The maximum Gasteiger partial charge on any atom is 0.410 e. The van der Waals surface area contributed by atoms with Crippen molar-refractivity contribution in [2.75, 3.05) is 17.2 Å². The zero-order valence-electron chi connectivity index (χ0n) is 17.0. The van der Waals surface area contributed by atoms with Gasteiger partial charge < -0.3 is 15.0 Å². The van der Waals surface area contributed by atoms with Crippen LogP contribution in [0.3, 0.4) is 0 Å². The minimum Gasteiger partial charge on any atom is -0.444 e. The lowest BCUT2D eigenvalue weighted by atomic mass is 10.1. The average molecular weight is 385 g/mol. The van der Waals surface area contributed by atoms with E-state index in [-0.39, 0.29) is 12.1 Å². The van der Waals surface area contributed by atoms with Crippen LogP contribution in [-0.4, -0.2) is 39.0 Å². The molecule has 8 heteroatoms. The Bertz CT molecular complexity index is 898. The van der Waals surface area contributed by atoms with E-state index in [1.807, 2.05) is 52.0 Å². The molecule has 2 N–H and O–H groups in total. The quantitative estimate of drug-likeness (QED) is 0.826. The number of aryl methyl sites for hydroxylation is 2. The van der Waals surface area contributed by atoms with Gasteiger partial charge in [-0.2, -0.15) is 5.10 Å². The lowest BCUT2D eigenvalue weighted by Gasteiger charge is -2.29. The lowest BCUT2D eigenvalue weighted by molar-refractivity contribution is 0.0224. The van der Waals surface area contributed by atoms with Gasteiger partial charge in [-0.3, -0.25) is 10.00 Å². The van der Waals surface area contributed by atoms with Crippen LogP contribution >= 0.6 is 0 Å². The van der Waals surface area contributed by atoms with E-state index in [9.17, 15) is 9.59 Å². The second kappa shape index (κ2) is 7.53. The highest BCUT2D eigenvalue weighted by molar-refractivity contribution is 5.99. The fourth-order valence-corrected chi connectivity index (χ4v) is 3.13. The number of nitrogens with one attached hydrogen (secondary N) is 2. The van der Waals surface area contributed by atoms with Gasteiger partial charge >= 0.3 is 12.1 Å². The molecule has 0 aliphatic carbocycles. The van der Waals surface area contributed by atoms with Crippen LogP contribution in [0.25, 0.3) is 0 Å². The van der Waals surface area contributed by atoms with Crippen molar-refractivity contribution >= 4 is 23.6 Å². The van der Waals surface area contributed by atoms with Crippen molar-refractivity contribution in [3.8, 4) is 0 Å². The fourth-order valence-electron chi connectivity index (χ4n) is 3.13. The van der Waals surface area contributed by atoms with Crippen LogP contribution in [0.2, 0.25) is 0 Å². The number of aromatic nitrogens is 2. The van der Waals surface area contributed by atoms with Crippen molar-refractivity contribution in [2.45, 2.75) is 46.3 Å². The maximum atomic E-state index is 12.5. The molecule has 2 heterocycles. The van der Waals surface area contributed by atoms with Crippen LogP contribution in [0.5, 0.6) is 0 Å². The van der Waals surface area contributed by atoms with E-state index < -0.39 is 5.60 Å². The zero-order chi connectivity index (χ0) is 20.5. The number of carbonyl (C=O) groups is 2. The van der Waals surface area contributed by atoms with Crippen LogP contribution in [-0.2, 0) is 24.8 Å². The first-order chi connectivity index (χ1) is 13.1. The van der Waals surface area contributed by atoms with Gasteiger partial charge in [0.2, 0.25) is 0 Å². The molecule has 2 aromatic rings. The first-order valence-electron chi connectivity index (χ1n) is 9.30. The number of benzene rings is 1. The van der Waals surface area contributed by atoms with Crippen molar-refractivity contribution in [3.05, 3.63) is 41.1 Å². The number of nitrogens with zero attached hydrogens (tertiary/aromatic N) is 3. The Morgan fingerprint density at radius 1 is 1.21 bits per heavy atom. The van der Waals surface area contributed by atoms with Gasteiger partial charge in [0.15, 0.2) is 0 Å². The van der Waals surface area contributed by atoms with Gasteiger partial charge in [0, 0.05) is 31.3 Å². The number of amides is 3. The summed E-state index contributed by atoms with van der Waals surface area (Å²) in [5.41, 5.74) is 2.93. The number of ether oxygens (including phenoxy) is 1. The molecule has 0 atom stereocenters. The van der Waals surface area contributed by atoms with E-state index in [1.54, 1.807) is 16.6 Å². The first kappa shape index (κ1) is 19.7. The molecule has 3 amide bonds. The van der Waals surface area contributed by atoms with Crippen LogP contribution in [0.1, 0.15) is 37.6 Å². The largest absolute Gasteiger partial charge is 0.444 e. The molecule has 1 aliphatic heterocycles. The van der Waals surface area contributed by atoms with Gasteiger partial charge in [-0.15, -0.1) is 0 Å².